The lowest BCUT2D eigenvalue weighted by Gasteiger charge is -2.15. The first-order valence-corrected chi connectivity index (χ1v) is 8.77. The smallest absolute Gasteiger partial charge is 0.411 e. The zero-order chi connectivity index (χ0) is 19.7. The van der Waals surface area contributed by atoms with E-state index in [4.69, 9.17) is 9.47 Å². The SMILES string of the molecule is COc1cc(O)c(NC(=O)OCC2c3ccccc3-c3ccccc32)cc1F. The molecule has 6 heteroatoms. The van der Waals surface area contributed by atoms with Gasteiger partial charge in [0.15, 0.2) is 11.6 Å². The van der Waals surface area contributed by atoms with Crippen molar-refractivity contribution >= 4 is 11.8 Å². The number of amides is 1. The summed E-state index contributed by atoms with van der Waals surface area (Å²) in [5.41, 5.74) is 4.35. The Labute approximate surface area is 161 Å². The molecule has 1 aliphatic carbocycles. The molecule has 0 atom stereocenters. The minimum Gasteiger partial charge on any atom is -0.506 e. The van der Waals surface area contributed by atoms with Crippen LogP contribution in [0.5, 0.6) is 11.5 Å². The minimum absolute atomic E-state index is 0.0839. The molecule has 0 unspecified atom stereocenters. The number of aromatic hydroxyl groups is 1. The van der Waals surface area contributed by atoms with Crippen LogP contribution in [0.1, 0.15) is 17.0 Å². The van der Waals surface area contributed by atoms with E-state index in [1.165, 1.54) is 7.11 Å². The van der Waals surface area contributed by atoms with Crippen LogP contribution in [0, 0.1) is 5.82 Å². The van der Waals surface area contributed by atoms with Crippen LogP contribution in [0.4, 0.5) is 14.9 Å². The molecule has 0 aliphatic heterocycles. The van der Waals surface area contributed by atoms with Crippen molar-refractivity contribution < 1.29 is 23.8 Å². The number of carbonyl (C=O) groups is 1. The normalized spacial score (nSPS) is 12.2. The number of hydrogen-bond acceptors (Lipinski definition) is 4. The van der Waals surface area contributed by atoms with Crippen molar-refractivity contribution in [3.63, 3.8) is 0 Å². The van der Waals surface area contributed by atoms with E-state index in [1.807, 2.05) is 48.5 Å². The standard InChI is InChI=1S/C22H18FNO4/c1-27-21-11-20(25)19(10-18(21)23)24-22(26)28-12-17-15-8-4-2-6-13(15)14-7-3-5-9-16(14)17/h2-11,17,25H,12H2,1H3,(H,24,26). The average Bonchev–Trinajstić information content (AvgIpc) is 3.03. The van der Waals surface area contributed by atoms with Crippen LogP contribution < -0.4 is 10.1 Å². The van der Waals surface area contributed by atoms with Gasteiger partial charge in [0.05, 0.1) is 12.8 Å². The van der Waals surface area contributed by atoms with Crippen LogP contribution in [0.15, 0.2) is 60.7 Å². The lowest BCUT2D eigenvalue weighted by Crippen LogP contribution is -2.18. The maximum atomic E-state index is 13.8. The monoisotopic (exact) mass is 379 g/mol. The zero-order valence-electron chi connectivity index (χ0n) is 15.1. The van der Waals surface area contributed by atoms with Crippen LogP contribution in [-0.2, 0) is 4.74 Å². The highest BCUT2D eigenvalue weighted by molar-refractivity contribution is 5.87. The summed E-state index contributed by atoms with van der Waals surface area (Å²) in [5, 5.41) is 12.3. The van der Waals surface area contributed by atoms with E-state index in [0.717, 1.165) is 34.4 Å². The molecule has 0 radical (unpaired) electrons. The molecule has 4 rings (SSSR count). The number of anilines is 1. The molecular weight excluding hydrogens is 361 g/mol. The first-order chi connectivity index (χ1) is 13.6. The number of rotatable bonds is 4. The Kier molecular flexibility index (Phi) is 4.61. The predicted molar refractivity (Wildman–Crippen MR) is 103 cm³/mol. The summed E-state index contributed by atoms with van der Waals surface area (Å²) >= 11 is 0. The average molecular weight is 379 g/mol. The van der Waals surface area contributed by atoms with Gasteiger partial charge in [-0.15, -0.1) is 0 Å². The molecule has 5 nitrogen and oxygen atoms in total. The number of hydrogen-bond donors (Lipinski definition) is 2. The molecule has 3 aromatic carbocycles. The molecule has 2 N–H and O–H groups in total. The van der Waals surface area contributed by atoms with Crippen molar-refractivity contribution in [2.24, 2.45) is 0 Å². The summed E-state index contributed by atoms with van der Waals surface area (Å²) in [6.45, 7) is 0.124. The van der Waals surface area contributed by atoms with E-state index in [1.54, 1.807) is 0 Å². The topological polar surface area (TPSA) is 67.8 Å². The summed E-state index contributed by atoms with van der Waals surface area (Å²) in [6, 6.07) is 18.1. The van der Waals surface area contributed by atoms with Gasteiger partial charge in [-0.25, -0.2) is 9.18 Å². The van der Waals surface area contributed by atoms with Gasteiger partial charge in [-0.1, -0.05) is 48.5 Å². The van der Waals surface area contributed by atoms with Crippen molar-refractivity contribution in [1.82, 2.24) is 0 Å². The fraction of sp³-hybridized carbons (Fsp3) is 0.136. The Hall–Kier alpha value is -3.54. The molecule has 1 aliphatic rings. The molecule has 0 heterocycles. The Morgan fingerprint density at radius 1 is 1.07 bits per heavy atom. The molecule has 3 aromatic rings. The summed E-state index contributed by atoms with van der Waals surface area (Å²) in [4.78, 5) is 12.2. The summed E-state index contributed by atoms with van der Waals surface area (Å²) < 4.78 is 24.0. The third-order valence-corrected chi connectivity index (χ3v) is 4.85. The van der Waals surface area contributed by atoms with Crippen molar-refractivity contribution in [3.05, 3.63) is 77.6 Å². The van der Waals surface area contributed by atoms with Gasteiger partial charge in [-0.05, 0) is 22.3 Å². The van der Waals surface area contributed by atoms with Gasteiger partial charge in [0.2, 0.25) is 0 Å². The molecule has 1 amide bonds. The van der Waals surface area contributed by atoms with E-state index in [0.29, 0.717) is 0 Å². The van der Waals surface area contributed by atoms with Crippen molar-refractivity contribution in [1.29, 1.82) is 0 Å². The minimum atomic E-state index is -0.776. The second-order valence-electron chi connectivity index (χ2n) is 6.45. The lowest BCUT2D eigenvalue weighted by molar-refractivity contribution is 0.158. The molecule has 0 saturated carbocycles. The van der Waals surface area contributed by atoms with Crippen molar-refractivity contribution in [2.45, 2.75) is 5.92 Å². The van der Waals surface area contributed by atoms with E-state index in [-0.39, 0.29) is 29.7 Å². The van der Waals surface area contributed by atoms with Crippen molar-refractivity contribution in [3.8, 4) is 22.6 Å². The number of carbonyl (C=O) groups excluding carboxylic acids is 1. The number of methoxy groups -OCH3 is 1. The highest BCUT2D eigenvalue weighted by Crippen LogP contribution is 2.44. The molecule has 142 valence electrons. The maximum absolute atomic E-state index is 13.8. The quantitative estimate of drug-likeness (QED) is 0.633. The number of fused-ring (bicyclic) bond motifs is 3. The van der Waals surface area contributed by atoms with E-state index < -0.39 is 11.9 Å². The van der Waals surface area contributed by atoms with E-state index in [2.05, 4.69) is 5.32 Å². The molecular formula is C22H18FNO4. The van der Waals surface area contributed by atoms with Crippen molar-refractivity contribution in [2.75, 3.05) is 19.0 Å². The number of phenolic OH excluding ortho intramolecular Hbond substituents is 1. The summed E-state index contributed by atoms with van der Waals surface area (Å²) in [5.74, 6) is -1.21. The highest BCUT2D eigenvalue weighted by Gasteiger charge is 2.29. The van der Waals surface area contributed by atoms with Gasteiger partial charge >= 0.3 is 6.09 Å². The molecule has 0 fully saturated rings. The molecule has 0 bridgehead atoms. The third-order valence-electron chi connectivity index (χ3n) is 4.85. The van der Waals surface area contributed by atoms with Gasteiger partial charge in [-0.3, -0.25) is 5.32 Å². The number of halogens is 1. The van der Waals surface area contributed by atoms with E-state index in [9.17, 15) is 14.3 Å². The van der Waals surface area contributed by atoms with Gasteiger partial charge < -0.3 is 14.6 Å². The largest absolute Gasteiger partial charge is 0.506 e. The number of ether oxygens (including phenoxy) is 2. The Morgan fingerprint density at radius 2 is 1.68 bits per heavy atom. The van der Waals surface area contributed by atoms with Crippen LogP contribution in [0.3, 0.4) is 0 Å². The Balaban J connectivity index is 1.49. The fourth-order valence-corrected chi connectivity index (χ4v) is 3.54. The molecule has 0 spiro atoms. The Morgan fingerprint density at radius 3 is 2.29 bits per heavy atom. The second kappa shape index (κ2) is 7.23. The molecule has 0 aromatic heterocycles. The van der Waals surface area contributed by atoms with Gasteiger partial charge in [-0.2, -0.15) is 0 Å². The Bertz CT molecular complexity index is 1000. The van der Waals surface area contributed by atoms with Gasteiger partial charge in [0.1, 0.15) is 12.4 Å². The van der Waals surface area contributed by atoms with Crippen LogP contribution in [0.25, 0.3) is 11.1 Å². The lowest BCUT2D eigenvalue weighted by atomic mass is 9.98. The number of phenols is 1. The second-order valence-corrected chi connectivity index (χ2v) is 6.45. The first kappa shape index (κ1) is 17.9. The van der Waals surface area contributed by atoms with Crippen LogP contribution in [0.2, 0.25) is 0 Å². The number of benzene rings is 3. The van der Waals surface area contributed by atoms with Crippen LogP contribution in [-0.4, -0.2) is 24.9 Å². The third kappa shape index (κ3) is 3.13. The summed E-state index contributed by atoms with van der Waals surface area (Å²) in [7, 11) is 1.29. The zero-order valence-corrected chi connectivity index (χ0v) is 15.1. The maximum Gasteiger partial charge on any atom is 0.411 e. The summed E-state index contributed by atoms with van der Waals surface area (Å²) in [6.07, 6.45) is -0.776. The van der Waals surface area contributed by atoms with E-state index >= 15 is 0 Å². The number of nitrogens with one attached hydrogen (secondary N) is 1. The van der Waals surface area contributed by atoms with Crippen LogP contribution >= 0.6 is 0 Å². The fourth-order valence-electron chi connectivity index (χ4n) is 3.54. The highest BCUT2D eigenvalue weighted by atomic mass is 19.1. The molecule has 28 heavy (non-hydrogen) atoms. The first-order valence-electron chi connectivity index (χ1n) is 8.77. The van der Waals surface area contributed by atoms with Gasteiger partial charge in [0, 0.05) is 18.1 Å². The predicted octanol–water partition coefficient (Wildman–Crippen LogP) is 4.90. The van der Waals surface area contributed by atoms with Gasteiger partial charge in [0.25, 0.3) is 0 Å². The molecule has 0 saturated heterocycles.